The molecule has 0 aromatic heterocycles. The summed E-state index contributed by atoms with van der Waals surface area (Å²) in [5.74, 6) is 0. The average molecular weight is 192 g/mol. The predicted octanol–water partition coefficient (Wildman–Crippen LogP) is -1.97. The quantitative estimate of drug-likeness (QED) is 0.301. The maximum atomic E-state index is 9.33. The summed E-state index contributed by atoms with van der Waals surface area (Å²) >= 11 is 0. The van der Waals surface area contributed by atoms with Crippen LogP contribution in [-0.2, 0) is 0 Å². The van der Waals surface area contributed by atoms with E-state index in [4.69, 9.17) is 5.73 Å². The van der Waals surface area contributed by atoms with Crippen LogP contribution in [0.4, 0.5) is 0 Å². The van der Waals surface area contributed by atoms with Gasteiger partial charge in [0.2, 0.25) is 0 Å². The van der Waals surface area contributed by atoms with E-state index in [1.54, 1.807) is 6.92 Å². The second-order valence-electron chi connectivity index (χ2n) is 3.03. The molecule has 0 amide bonds. The maximum Gasteiger partial charge on any atom is 0.107 e. The van der Waals surface area contributed by atoms with E-state index in [0.717, 1.165) is 0 Å². The van der Waals surface area contributed by atoms with E-state index in [0.29, 0.717) is 19.5 Å². The molecule has 0 bridgehead atoms. The van der Waals surface area contributed by atoms with Gasteiger partial charge in [0.1, 0.15) is 6.10 Å². The summed E-state index contributed by atoms with van der Waals surface area (Å²) < 4.78 is 0. The zero-order valence-electron chi connectivity index (χ0n) is 7.98. The van der Waals surface area contributed by atoms with Crippen molar-refractivity contribution in [1.82, 2.24) is 5.32 Å². The molecule has 5 nitrogen and oxygen atoms in total. The lowest BCUT2D eigenvalue weighted by molar-refractivity contribution is -0.0584. The molecule has 0 heterocycles. The minimum absolute atomic E-state index is 0.245. The van der Waals surface area contributed by atoms with Gasteiger partial charge in [-0.05, 0) is 6.42 Å². The summed E-state index contributed by atoms with van der Waals surface area (Å²) in [6.07, 6.45) is -2.47. The molecule has 0 aliphatic rings. The molecule has 0 fully saturated rings. The van der Waals surface area contributed by atoms with Crippen LogP contribution in [0.25, 0.3) is 0 Å². The van der Waals surface area contributed by atoms with E-state index >= 15 is 0 Å². The Morgan fingerprint density at radius 1 is 1.23 bits per heavy atom. The molecule has 0 unspecified atom stereocenters. The highest BCUT2D eigenvalue weighted by atomic mass is 16.4. The Morgan fingerprint density at radius 3 is 2.31 bits per heavy atom. The van der Waals surface area contributed by atoms with Gasteiger partial charge in [-0.2, -0.15) is 0 Å². The molecule has 6 N–H and O–H groups in total. The van der Waals surface area contributed by atoms with Crippen molar-refractivity contribution in [2.24, 2.45) is 5.73 Å². The van der Waals surface area contributed by atoms with Crippen LogP contribution in [0, 0.1) is 0 Å². The Morgan fingerprint density at radius 2 is 1.85 bits per heavy atom. The van der Waals surface area contributed by atoms with Crippen LogP contribution in [0.15, 0.2) is 0 Å². The molecule has 80 valence electrons. The highest BCUT2D eigenvalue weighted by Crippen LogP contribution is 2.02. The third kappa shape index (κ3) is 5.17. The van der Waals surface area contributed by atoms with Crippen LogP contribution in [0.5, 0.6) is 0 Å². The molecule has 0 radical (unpaired) electrons. The molecule has 13 heavy (non-hydrogen) atoms. The molecule has 0 aromatic rings. The lowest BCUT2D eigenvalue weighted by Crippen LogP contribution is -2.43. The van der Waals surface area contributed by atoms with Crippen molar-refractivity contribution >= 4 is 0 Å². The first kappa shape index (κ1) is 12.8. The predicted molar refractivity (Wildman–Crippen MR) is 50.2 cm³/mol. The summed E-state index contributed by atoms with van der Waals surface area (Å²) in [6, 6.07) is 0. The fourth-order valence-corrected chi connectivity index (χ4v) is 0.971. The van der Waals surface area contributed by atoms with Crippen molar-refractivity contribution in [1.29, 1.82) is 0 Å². The normalized spacial score (nSPS) is 18.2. The van der Waals surface area contributed by atoms with E-state index < -0.39 is 18.3 Å². The van der Waals surface area contributed by atoms with Gasteiger partial charge in [-0.1, -0.05) is 6.92 Å². The summed E-state index contributed by atoms with van der Waals surface area (Å²) in [4.78, 5) is 0. The van der Waals surface area contributed by atoms with E-state index in [-0.39, 0.29) is 6.54 Å². The highest BCUT2D eigenvalue weighted by molar-refractivity contribution is 4.75. The number of nitrogens with one attached hydrogen (secondary N) is 1. The molecule has 0 aromatic carbocycles. The topological polar surface area (TPSA) is 98.7 Å². The van der Waals surface area contributed by atoms with Gasteiger partial charge in [0.15, 0.2) is 0 Å². The average Bonchev–Trinajstić information content (AvgIpc) is 2.15. The van der Waals surface area contributed by atoms with Crippen LogP contribution in [0.3, 0.4) is 0 Å². The summed E-state index contributed by atoms with van der Waals surface area (Å²) in [7, 11) is 0. The van der Waals surface area contributed by atoms with Crippen molar-refractivity contribution in [2.75, 3.05) is 19.6 Å². The molecule has 0 spiro atoms. The SMILES string of the molecule is CC[C@@H](O)[C@@H](O)[C@@H](O)CNCCN. The van der Waals surface area contributed by atoms with Crippen molar-refractivity contribution < 1.29 is 15.3 Å². The van der Waals surface area contributed by atoms with E-state index in [2.05, 4.69) is 5.32 Å². The van der Waals surface area contributed by atoms with Crippen LogP contribution >= 0.6 is 0 Å². The smallest absolute Gasteiger partial charge is 0.107 e. The van der Waals surface area contributed by atoms with Gasteiger partial charge in [-0.15, -0.1) is 0 Å². The van der Waals surface area contributed by atoms with Gasteiger partial charge >= 0.3 is 0 Å². The van der Waals surface area contributed by atoms with Crippen molar-refractivity contribution in [3.05, 3.63) is 0 Å². The molecule has 5 heteroatoms. The molecular formula is C8H20N2O3. The third-order valence-electron chi connectivity index (χ3n) is 1.88. The Bertz CT molecular complexity index is 124. The molecule has 0 aliphatic carbocycles. The van der Waals surface area contributed by atoms with Gasteiger partial charge in [0.05, 0.1) is 12.2 Å². The number of hydrogen-bond acceptors (Lipinski definition) is 5. The van der Waals surface area contributed by atoms with Crippen LogP contribution in [0.1, 0.15) is 13.3 Å². The minimum atomic E-state index is -1.09. The fraction of sp³-hybridized carbons (Fsp3) is 1.00. The minimum Gasteiger partial charge on any atom is -0.390 e. The number of aliphatic hydroxyl groups is 3. The lowest BCUT2D eigenvalue weighted by atomic mass is 10.1. The molecule has 3 atom stereocenters. The summed E-state index contributed by atoms with van der Waals surface area (Å²) in [5.41, 5.74) is 5.22. The Labute approximate surface area is 78.6 Å². The van der Waals surface area contributed by atoms with Crippen LogP contribution in [0.2, 0.25) is 0 Å². The first-order valence-corrected chi connectivity index (χ1v) is 4.58. The lowest BCUT2D eigenvalue weighted by Gasteiger charge is -2.22. The standard InChI is InChI=1S/C8H20N2O3/c1-2-6(11)8(13)7(12)5-10-4-3-9/h6-8,10-13H,2-5,9H2,1H3/t6-,7+,8-/m1/s1. The third-order valence-corrected chi connectivity index (χ3v) is 1.88. The van der Waals surface area contributed by atoms with Crippen LogP contribution < -0.4 is 11.1 Å². The first-order valence-electron chi connectivity index (χ1n) is 4.58. The largest absolute Gasteiger partial charge is 0.390 e. The molecule has 0 rings (SSSR count). The second kappa shape index (κ2) is 7.23. The van der Waals surface area contributed by atoms with E-state index in [1.165, 1.54) is 0 Å². The first-order chi connectivity index (χ1) is 6.13. The van der Waals surface area contributed by atoms with Gasteiger partial charge in [0.25, 0.3) is 0 Å². The van der Waals surface area contributed by atoms with Gasteiger partial charge in [-0.3, -0.25) is 0 Å². The van der Waals surface area contributed by atoms with Gasteiger partial charge < -0.3 is 26.4 Å². The Kier molecular flexibility index (Phi) is 7.12. The molecular weight excluding hydrogens is 172 g/mol. The number of rotatable bonds is 7. The fourth-order valence-electron chi connectivity index (χ4n) is 0.971. The highest BCUT2D eigenvalue weighted by Gasteiger charge is 2.22. The molecule has 0 saturated heterocycles. The van der Waals surface area contributed by atoms with E-state index in [1.807, 2.05) is 0 Å². The van der Waals surface area contributed by atoms with Crippen molar-refractivity contribution in [2.45, 2.75) is 31.7 Å². The second-order valence-corrected chi connectivity index (χ2v) is 3.03. The zero-order valence-corrected chi connectivity index (χ0v) is 7.98. The van der Waals surface area contributed by atoms with Gasteiger partial charge in [0, 0.05) is 19.6 Å². The molecule has 0 aliphatic heterocycles. The van der Waals surface area contributed by atoms with Gasteiger partial charge in [-0.25, -0.2) is 0 Å². The van der Waals surface area contributed by atoms with E-state index in [9.17, 15) is 15.3 Å². The van der Waals surface area contributed by atoms with Crippen LogP contribution in [-0.4, -0.2) is 53.3 Å². The zero-order chi connectivity index (χ0) is 10.3. The summed E-state index contributed by atoms with van der Waals surface area (Å²) in [6.45, 7) is 3.06. The summed E-state index contributed by atoms with van der Waals surface area (Å²) in [5, 5.41) is 30.7. The maximum absolute atomic E-state index is 9.33. The van der Waals surface area contributed by atoms with Crippen molar-refractivity contribution in [3.8, 4) is 0 Å². The monoisotopic (exact) mass is 192 g/mol. The number of aliphatic hydroxyl groups excluding tert-OH is 3. The molecule has 0 saturated carbocycles. The van der Waals surface area contributed by atoms with Crippen molar-refractivity contribution in [3.63, 3.8) is 0 Å². The Hall–Kier alpha value is -0.200. The number of nitrogens with two attached hydrogens (primary N) is 1. The number of hydrogen-bond donors (Lipinski definition) is 5. The Balaban J connectivity index is 3.62.